The molecule has 0 aliphatic carbocycles. The highest BCUT2D eigenvalue weighted by atomic mass is 32.2. The third kappa shape index (κ3) is 5.64. The lowest BCUT2D eigenvalue weighted by molar-refractivity contribution is -0.644. The van der Waals surface area contributed by atoms with Gasteiger partial charge in [-0.25, -0.2) is 9.79 Å². The van der Waals surface area contributed by atoms with Gasteiger partial charge in [0, 0.05) is 34.7 Å². The van der Waals surface area contributed by atoms with Crippen LogP contribution >= 0.6 is 11.8 Å². The van der Waals surface area contributed by atoms with E-state index in [1.165, 1.54) is 11.8 Å². The summed E-state index contributed by atoms with van der Waals surface area (Å²) in [4.78, 5) is 17.0. The minimum atomic E-state index is -0.970. The summed E-state index contributed by atoms with van der Waals surface area (Å²) in [7, 11) is 0. The monoisotopic (exact) mass is 556 g/mol. The van der Waals surface area contributed by atoms with Crippen LogP contribution in [0.25, 0.3) is 22.2 Å². The third-order valence-corrected chi connectivity index (χ3v) is 7.69. The minimum Gasteiger partial charge on any atom is -0.478 e. The fourth-order valence-corrected chi connectivity index (χ4v) is 5.58. The van der Waals surface area contributed by atoms with Crippen LogP contribution in [0.4, 0.5) is 5.69 Å². The number of anilines is 1. The first kappa shape index (κ1) is 26.2. The number of nitrogens with two attached hydrogens (primary N) is 1. The van der Waals surface area contributed by atoms with E-state index in [1.54, 1.807) is 6.07 Å². The van der Waals surface area contributed by atoms with Gasteiger partial charge in [-0.2, -0.15) is 4.57 Å². The largest absolute Gasteiger partial charge is 0.478 e. The Hall–Kier alpha value is -5.08. The maximum atomic E-state index is 12.3. The van der Waals surface area contributed by atoms with Crippen LogP contribution < -0.4 is 10.3 Å². The van der Waals surface area contributed by atoms with Crippen molar-refractivity contribution in [3.8, 4) is 11.3 Å². The molecule has 0 spiro atoms. The van der Waals surface area contributed by atoms with Crippen LogP contribution in [-0.2, 0) is 6.54 Å². The predicted octanol–water partition coefficient (Wildman–Crippen LogP) is 6.07. The van der Waals surface area contributed by atoms with E-state index in [2.05, 4.69) is 9.67 Å². The molecule has 0 radical (unpaired) electrons. The molecule has 0 saturated heterocycles. The van der Waals surface area contributed by atoms with E-state index in [4.69, 9.17) is 15.8 Å². The summed E-state index contributed by atoms with van der Waals surface area (Å²) in [5.41, 5.74) is 12.9. The van der Waals surface area contributed by atoms with Crippen molar-refractivity contribution in [2.45, 2.75) is 6.54 Å². The Balaban J connectivity index is 1.47. The molecule has 0 fully saturated rings. The number of thioether (sulfide) groups is 1. The van der Waals surface area contributed by atoms with Gasteiger partial charge in [0.1, 0.15) is 5.71 Å². The third-order valence-electron chi connectivity index (χ3n) is 6.84. The molecular weight excluding hydrogens is 530 g/mol. The van der Waals surface area contributed by atoms with Gasteiger partial charge < -0.3 is 10.8 Å². The molecule has 3 N–H and O–H groups in total. The van der Waals surface area contributed by atoms with Crippen LogP contribution in [0, 0.1) is 0 Å². The molecule has 0 bridgehead atoms. The Labute approximate surface area is 241 Å². The van der Waals surface area contributed by atoms with E-state index in [-0.39, 0.29) is 5.56 Å². The molecule has 1 aliphatic heterocycles. The van der Waals surface area contributed by atoms with Gasteiger partial charge in [-0.3, -0.25) is 0 Å². The summed E-state index contributed by atoms with van der Waals surface area (Å²) >= 11 is 1.54. The number of hydrogen-bond acceptors (Lipinski definition) is 5. The molecule has 41 heavy (non-hydrogen) atoms. The molecule has 200 valence electrons. The molecule has 0 saturated carbocycles. The number of hydrogen-bond donors (Lipinski definition) is 2. The van der Waals surface area contributed by atoms with Gasteiger partial charge in [0.2, 0.25) is 16.4 Å². The van der Waals surface area contributed by atoms with E-state index >= 15 is 0 Å². The number of aromatic carboxylic acids is 1. The van der Waals surface area contributed by atoms with E-state index in [0.29, 0.717) is 28.5 Å². The van der Waals surface area contributed by atoms with Crippen LogP contribution in [-0.4, -0.2) is 33.4 Å². The zero-order chi connectivity index (χ0) is 28.2. The van der Waals surface area contributed by atoms with Crippen molar-refractivity contribution in [3.05, 3.63) is 132 Å². The Morgan fingerprint density at radius 1 is 0.878 bits per heavy atom. The number of nitrogen functional groups attached to an aromatic ring is 1. The van der Waals surface area contributed by atoms with Gasteiger partial charge in [0.05, 0.1) is 16.7 Å². The average Bonchev–Trinajstić information content (AvgIpc) is 3.49. The number of carbonyl (C=O) groups is 1. The van der Waals surface area contributed by atoms with Crippen molar-refractivity contribution in [1.29, 1.82) is 0 Å². The summed E-state index contributed by atoms with van der Waals surface area (Å²) < 4.78 is 2.11. The van der Waals surface area contributed by atoms with Crippen molar-refractivity contribution in [1.82, 2.24) is 0 Å². The van der Waals surface area contributed by atoms with Crippen molar-refractivity contribution in [3.63, 3.8) is 0 Å². The molecule has 0 unspecified atom stereocenters. The summed E-state index contributed by atoms with van der Waals surface area (Å²) in [6.45, 7) is 0.366. The number of benzene rings is 4. The second kappa shape index (κ2) is 11.6. The number of nitrogens with zero attached hydrogens (tertiary/aromatic N) is 4. The molecule has 8 heteroatoms. The van der Waals surface area contributed by atoms with Gasteiger partial charge in [-0.05, 0) is 35.9 Å². The van der Waals surface area contributed by atoms with Crippen molar-refractivity contribution in [2.75, 3.05) is 11.5 Å². The number of fused-ring (bicyclic) bond motifs is 1. The molecule has 7 nitrogen and oxygen atoms in total. The molecule has 5 aromatic rings. The summed E-state index contributed by atoms with van der Waals surface area (Å²) in [5, 5.41) is 20.6. The highest BCUT2D eigenvalue weighted by Gasteiger charge is 2.25. The maximum absolute atomic E-state index is 12.3. The first-order chi connectivity index (χ1) is 20.1. The molecule has 1 aliphatic rings. The minimum absolute atomic E-state index is 0.251. The molecular formula is C33H26N5O2S+. The van der Waals surface area contributed by atoms with Gasteiger partial charge in [-0.15, -0.1) is 10.2 Å². The summed E-state index contributed by atoms with van der Waals surface area (Å²) in [6, 6.07) is 36.6. The molecule has 4 aromatic carbocycles. The van der Waals surface area contributed by atoms with Gasteiger partial charge in [-0.1, -0.05) is 84.6 Å². The van der Waals surface area contributed by atoms with Crippen LogP contribution in [0.3, 0.4) is 0 Å². The number of amidine groups is 1. The van der Waals surface area contributed by atoms with E-state index in [0.717, 1.165) is 39.3 Å². The molecule has 6 rings (SSSR count). The fraction of sp³-hybridized carbons (Fsp3) is 0.0606. The Morgan fingerprint density at radius 2 is 1.56 bits per heavy atom. The Morgan fingerprint density at radius 3 is 2.29 bits per heavy atom. The van der Waals surface area contributed by atoms with E-state index in [1.807, 2.05) is 109 Å². The van der Waals surface area contributed by atoms with Crippen molar-refractivity contribution < 1.29 is 14.5 Å². The fourth-order valence-electron chi connectivity index (χ4n) is 4.81. The maximum Gasteiger partial charge on any atom is 0.336 e. The van der Waals surface area contributed by atoms with Gasteiger partial charge in [0.25, 0.3) is 0 Å². The second-order valence-corrected chi connectivity index (χ2v) is 10.4. The van der Waals surface area contributed by atoms with Gasteiger partial charge >= 0.3 is 5.97 Å². The predicted molar refractivity (Wildman–Crippen MR) is 167 cm³/mol. The normalized spacial score (nSPS) is 14.4. The first-order valence-corrected chi connectivity index (χ1v) is 14.1. The number of carboxylic acids is 1. The van der Waals surface area contributed by atoms with E-state index < -0.39 is 5.97 Å². The van der Waals surface area contributed by atoms with Crippen LogP contribution in [0.2, 0.25) is 0 Å². The average molecular weight is 557 g/mol. The van der Waals surface area contributed by atoms with E-state index in [9.17, 15) is 9.90 Å². The molecule has 2 heterocycles. The zero-order valence-corrected chi connectivity index (χ0v) is 22.8. The van der Waals surface area contributed by atoms with Crippen LogP contribution in [0.5, 0.6) is 0 Å². The lowest BCUT2D eigenvalue weighted by Crippen LogP contribution is -2.41. The topological polar surface area (TPSA) is 104 Å². The Bertz CT molecular complexity index is 1830. The smallest absolute Gasteiger partial charge is 0.336 e. The molecule has 1 aromatic heterocycles. The quantitative estimate of drug-likeness (QED) is 0.110. The summed E-state index contributed by atoms with van der Waals surface area (Å²) in [6.07, 6.45) is 0. The molecule has 0 amide bonds. The van der Waals surface area contributed by atoms with Crippen LogP contribution in [0.15, 0.2) is 130 Å². The number of para-hydroxylation sites is 1. The standard InChI is InChI=1S/C33H25N5O2S/c34-25-17-15-23(16-18-25)29-21-41-33(35-29)37-36-28(22-9-3-1-4-10-22)20-38-30-14-8-7-13-26(30)27(32(39)40)19-31(38)24-11-5-2-6-12-24/h1-19H,20-21H2,(H2-,34,35,37,39,40)/p+1/b36-28-. The highest BCUT2D eigenvalue weighted by Crippen LogP contribution is 2.25. The summed E-state index contributed by atoms with van der Waals surface area (Å²) in [5.74, 6) is -0.269. The number of carboxylic acid groups (broad SMARTS) is 1. The SMILES string of the molecule is Nc1ccc(C2=N/C(=N/N=C(/C[n+]3c(-c4ccccc4)cc(C(=O)O)c4ccccc43)c3ccccc3)SC2)cc1. The highest BCUT2D eigenvalue weighted by molar-refractivity contribution is 8.15. The Kier molecular flexibility index (Phi) is 7.38. The second-order valence-electron chi connectivity index (χ2n) is 9.48. The lowest BCUT2D eigenvalue weighted by Gasteiger charge is -2.11. The van der Waals surface area contributed by atoms with Crippen LogP contribution in [0.1, 0.15) is 21.5 Å². The number of aliphatic imine (C=N–C) groups is 1. The van der Waals surface area contributed by atoms with Crippen molar-refractivity contribution in [2.24, 2.45) is 15.2 Å². The zero-order valence-electron chi connectivity index (χ0n) is 22.0. The lowest BCUT2D eigenvalue weighted by atomic mass is 10.0. The van der Waals surface area contributed by atoms with Gasteiger partial charge in [0.15, 0.2) is 6.54 Å². The number of aromatic nitrogens is 1. The van der Waals surface area contributed by atoms with Crippen molar-refractivity contribution >= 4 is 50.9 Å². The first-order valence-electron chi connectivity index (χ1n) is 13.1. The number of rotatable bonds is 7. The number of pyridine rings is 1. The molecule has 0 atom stereocenters.